The molecular weight excluding hydrogens is 437 g/mol. The third-order valence-electron chi connectivity index (χ3n) is 5.46. The van der Waals surface area contributed by atoms with E-state index in [1.165, 1.54) is 0 Å². The van der Waals surface area contributed by atoms with Crippen LogP contribution in [0.15, 0.2) is 71.1 Å². The highest BCUT2D eigenvalue weighted by Gasteiger charge is 2.43. The van der Waals surface area contributed by atoms with E-state index in [0.717, 1.165) is 5.56 Å². The number of hydrogen-bond donors (Lipinski definition) is 1. The number of rotatable bonds is 4. The monoisotopic (exact) mass is 457 g/mol. The Balaban J connectivity index is 1.81. The van der Waals surface area contributed by atoms with Crippen LogP contribution in [0.4, 0.5) is 0 Å². The van der Waals surface area contributed by atoms with Crippen molar-refractivity contribution in [2.75, 3.05) is 6.61 Å². The molecule has 160 valence electrons. The van der Waals surface area contributed by atoms with Gasteiger partial charge in [-0.05, 0) is 43.2 Å². The van der Waals surface area contributed by atoms with Crippen molar-refractivity contribution in [3.63, 3.8) is 0 Å². The lowest BCUT2D eigenvalue weighted by Gasteiger charge is -2.36. The second-order valence-corrected chi connectivity index (χ2v) is 8.22. The largest absolute Gasteiger partial charge is 0.463 e. The molecule has 0 spiro atoms. The molecular formula is C24H21Cl2NO4. The summed E-state index contributed by atoms with van der Waals surface area (Å²) in [5.74, 6) is -1.66. The lowest BCUT2D eigenvalue weighted by Crippen LogP contribution is -2.37. The molecule has 2 aliphatic heterocycles. The highest BCUT2D eigenvalue weighted by Crippen LogP contribution is 2.46. The van der Waals surface area contributed by atoms with Crippen molar-refractivity contribution < 1.29 is 19.1 Å². The first kappa shape index (κ1) is 21.5. The van der Waals surface area contributed by atoms with Gasteiger partial charge in [-0.2, -0.15) is 0 Å². The van der Waals surface area contributed by atoms with Gasteiger partial charge in [0.15, 0.2) is 0 Å². The standard InChI is InChI=1S/C24H21Cl2NO4/c1-3-30-23(28)20-13(2)27-18-12-19(14-8-10-15(25)11-9-14)31-24(29)22(18)21(20)16-6-4-5-7-17(16)26/h4-11,19,21,27H,3,12H2,1-2H3. The Labute approximate surface area is 190 Å². The van der Waals surface area contributed by atoms with Gasteiger partial charge in [0.25, 0.3) is 0 Å². The van der Waals surface area contributed by atoms with Crippen LogP contribution in [0.5, 0.6) is 0 Å². The quantitative estimate of drug-likeness (QED) is 0.617. The topological polar surface area (TPSA) is 64.6 Å². The molecule has 2 aromatic carbocycles. The summed E-state index contributed by atoms with van der Waals surface area (Å²) >= 11 is 12.5. The molecule has 1 N–H and O–H groups in total. The second kappa shape index (κ2) is 8.77. The van der Waals surface area contributed by atoms with Crippen LogP contribution >= 0.6 is 23.2 Å². The van der Waals surface area contributed by atoms with E-state index in [9.17, 15) is 9.59 Å². The highest BCUT2D eigenvalue weighted by atomic mass is 35.5. The number of carbonyl (C=O) groups is 2. The molecule has 2 aromatic rings. The zero-order valence-electron chi connectivity index (χ0n) is 17.1. The van der Waals surface area contributed by atoms with Gasteiger partial charge in [0.2, 0.25) is 0 Å². The first-order valence-electron chi connectivity index (χ1n) is 9.99. The van der Waals surface area contributed by atoms with E-state index in [0.29, 0.717) is 44.6 Å². The number of allylic oxidation sites excluding steroid dienone is 1. The van der Waals surface area contributed by atoms with Gasteiger partial charge in [0, 0.05) is 27.9 Å². The van der Waals surface area contributed by atoms with Crippen LogP contribution in [-0.4, -0.2) is 18.5 Å². The Morgan fingerprint density at radius 1 is 1.16 bits per heavy atom. The molecule has 0 radical (unpaired) electrons. The lowest BCUT2D eigenvalue weighted by atomic mass is 9.78. The van der Waals surface area contributed by atoms with Gasteiger partial charge in [0.1, 0.15) is 6.10 Å². The molecule has 0 aliphatic carbocycles. The maximum Gasteiger partial charge on any atom is 0.337 e. The van der Waals surface area contributed by atoms with Crippen molar-refractivity contribution in [1.29, 1.82) is 0 Å². The van der Waals surface area contributed by atoms with E-state index in [-0.39, 0.29) is 6.61 Å². The minimum absolute atomic E-state index is 0.222. The first-order chi connectivity index (χ1) is 14.9. The zero-order valence-corrected chi connectivity index (χ0v) is 18.6. The van der Waals surface area contributed by atoms with Crippen molar-refractivity contribution in [3.8, 4) is 0 Å². The summed E-state index contributed by atoms with van der Waals surface area (Å²) in [5, 5.41) is 4.33. The van der Waals surface area contributed by atoms with E-state index in [4.69, 9.17) is 32.7 Å². The van der Waals surface area contributed by atoms with Crippen LogP contribution in [0.25, 0.3) is 0 Å². The Morgan fingerprint density at radius 2 is 1.87 bits per heavy atom. The van der Waals surface area contributed by atoms with Gasteiger partial charge in [0.05, 0.1) is 23.7 Å². The predicted molar refractivity (Wildman–Crippen MR) is 119 cm³/mol. The third-order valence-corrected chi connectivity index (χ3v) is 6.05. The lowest BCUT2D eigenvalue weighted by molar-refractivity contribution is -0.146. The number of carbonyl (C=O) groups excluding carboxylic acids is 2. The first-order valence-corrected chi connectivity index (χ1v) is 10.7. The predicted octanol–water partition coefficient (Wildman–Crippen LogP) is 5.46. The molecule has 5 nitrogen and oxygen atoms in total. The average Bonchev–Trinajstić information content (AvgIpc) is 2.73. The molecule has 0 bridgehead atoms. The van der Waals surface area contributed by atoms with Gasteiger partial charge in [-0.1, -0.05) is 53.5 Å². The molecule has 2 heterocycles. The zero-order chi connectivity index (χ0) is 22.1. The Hall–Kier alpha value is -2.76. The van der Waals surface area contributed by atoms with E-state index >= 15 is 0 Å². The van der Waals surface area contributed by atoms with Gasteiger partial charge in [-0.3, -0.25) is 0 Å². The summed E-state index contributed by atoms with van der Waals surface area (Å²) in [5.41, 5.74) is 3.58. The Bertz CT molecular complexity index is 1100. The molecule has 0 amide bonds. The van der Waals surface area contributed by atoms with E-state index < -0.39 is 24.0 Å². The number of benzene rings is 2. The molecule has 2 atom stereocenters. The summed E-state index contributed by atoms with van der Waals surface area (Å²) in [6.07, 6.45) is -0.0169. The summed E-state index contributed by atoms with van der Waals surface area (Å²) in [7, 11) is 0. The van der Waals surface area contributed by atoms with Gasteiger partial charge in [-0.15, -0.1) is 0 Å². The van der Waals surface area contributed by atoms with Crippen LogP contribution in [0, 0.1) is 0 Å². The fourth-order valence-electron chi connectivity index (χ4n) is 4.08. The molecule has 0 aromatic heterocycles. The molecule has 4 rings (SSSR count). The van der Waals surface area contributed by atoms with Crippen LogP contribution in [0.2, 0.25) is 10.0 Å². The van der Waals surface area contributed by atoms with E-state index in [1.54, 1.807) is 38.1 Å². The molecule has 0 fully saturated rings. The SMILES string of the molecule is CCOC(=O)C1=C(C)NC2=C(C(=O)OC(c3ccc(Cl)cc3)C2)C1c1ccccc1Cl. The van der Waals surface area contributed by atoms with Gasteiger partial charge >= 0.3 is 11.9 Å². The van der Waals surface area contributed by atoms with Crippen LogP contribution < -0.4 is 5.32 Å². The fourth-order valence-corrected chi connectivity index (χ4v) is 4.45. The number of halogens is 2. The molecule has 7 heteroatoms. The summed E-state index contributed by atoms with van der Waals surface area (Å²) < 4.78 is 11.1. The normalized spacial score (nSPS) is 20.7. The van der Waals surface area contributed by atoms with Crippen molar-refractivity contribution >= 4 is 35.1 Å². The van der Waals surface area contributed by atoms with Crippen LogP contribution in [-0.2, 0) is 19.1 Å². The Kier molecular flexibility index (Phi) is 6.08. The fraction of sp³-hybridized carbons (Fsp3) is 0.250. The molecule has 2 unspecified atom stereocenters. The minimum atomic E-state index is -0.678. The number of hydrogen-bond acceptors (Lipinski definition) is 5. The molecule has 31 heavy (non-hydrogen) atoms. The molecule has 0 saturated carbocycles. The number of nitrogens with one attached hydrogen (secondary N) is 1. The highest BCUT2D eigenvalue weighted by molar-refractivity contribution is 6.31. The van der Waals surface area contributed by atoms with E-state index in [1.807, 2.05) is 24.3 Å². The number of dihydropyridines is 1. The maximum absolute atomic E-state index is 13.2. The average molecular weight is 458 g/mol. The number of cyclic esters (lactones) is 1. The van der Waals surface area contributed by atoms with Gasteiger partial charge < -0.3 is 14.8 Å². The van der Waals surface area contributed by atoms with E-state index in [2.05, 4.69) is 5.32 Å². The van der Waals surface area contributed by atoms with Crippen LogP contribution in [0.3, 0.4) is 0 Å². The molecule has 2 aliphatic rings. The summed E-state index contributed by atoms with van der Waals surface area (Å²) in [4.78, 5) is 26.1. The second-order valence-electron chi connectivity index (χ2n) is 7.38. The third kappa shape index (κ3) is 4.08. The van der Waals surface area contributed by atoms with Crippen molar-refractivity contribution in [3.05, 3.63) is 92.2 Å². The summed E-state index contributed by atoms with van der Waals surface area (Å²) in [6, 6.07) is 14.4. The Morgan fingerprint density at radius 3 is 2.55 bits per heavy atom. The van der Waals surface area contributed by atoms with Gasteiger partial charge in [-0.25, -0.2) is 9.59 Å². The van der Waals surface area contributed by atoms with Crippen molar-refractivity contribution in [1.82, 2.24) is 5.32 Å². The number of ether oxygens (including phenoxy) is 2. The van der Waals surface area contributed by atoms with Crippen molar-refractivity contribution in [2.24, 2.45) is 0 Å². The maximum atomic E-state index is 13.2. The number of esters is 2. The minimum Gasteiger partial charge on any atom is -0.463 e. The van der Waals surface area contributed by atoms with Crippen molar-refractivity contribution in [2.45, 2.75) is 32.3 Å². The summed E-state index contributed by atoms with van der Waals surface area (Å²) in [6.45, 7) is 3.77. The van der Waals surface area contributed by atoms with Crippen LogP contribution in [0.1, 0.15) is 43.4 Å². The smallest absolute Gasteiger partial charge is 0.337 e. The molecule has 0 saturated heterocycles.